The average molecular weight is 440 g/mol. The number of thiophene rings is 1. The maximum absolute atomic E-state index is 12.5. The minimum absolute atomic E-state index is 0.235. The van der Waals surface area contributed by atoms with Crippen LogP contribution in [0.1, 0.15) is 46.6 Å². The number of nitrogens with one attached hydrogen (secondary N) is 2. The number of fused-ring (bicyclic) bond motifs is 1. The van der Waals surface area contributed by atoms with E-state index in [4.69, 9.17) is 4.74 Å². The number of carbonyl (C=O) groups excluding carboxylic acids is 3. The van der Waals surface area contributed by atoms with Crippen LogP contribution < -0.4 is 10.7 Å². The number of amides is 2. The topological polar surface area (TPSA) is 96.9 Å². The Kier molecular flexibility index (Phi) is 7.72. The van der Waals surface area contributed by atoms with Crippen LogP contribution in [0.2, 0.25) is 0 Å². The van der Waals surface area contributed by atoms with Crippen molar-refractivity contribution in [3.8, 4) is 0 Å². The molecule has 0 radical (unpaired) electrons. The van der Waals surface area contributed by atoms with Crippen molar-refractivity contribution in [2.75, 3.05) is 11.9 Å². The SMILES string of the molecule is CCOC(=O)c1c(NC(=O)C(=O)NN=CC=Cc2ccccc2)sc2c1CCC(C)C2. The molecule has 0 aliphatic heterocycles. The molecule has 2 amide bonds. The van der Waals surface area contributed by atoms with E-state index in [2.05, 4.69) is 22.8 Å². The van der Waals surface area contributed by atoms with E-state index in [1.54, 1.807) is 13.0 Å². The molecule has 1 aliphatic carbocycles. The number of esters is 1. The molecule has 2 aromatic rings. The van der Waals surface area contributed by atoms with Gasteiger partial charge in [0.2, 0.25) is 0 Å². The lowest BCUT2D eigenvalue weighted by Gasteiger charge is -2.18. The molecule has 1 aromatic carbocycles. The molecule has 0 saturated heterocycles. The molecule has 1 atom stereocenters. The third-order valence-electron chi connectivity index (χ3n) is 4.84. The zero-order valence-electron chi connectivity index (χ0n) is 17.5. The Balaban J connectivity index is 1.65. The second kappa shape index (κ2) is 10.7. The first-order valence-electron chi connectivity index (χ1n) is 10.2. The van der Waals surface area contributed by atoms with Crippen molar-refractivity contribution >= 4 is 46.4 Å². The van der Waals surface area contributed by atoms with Crippen LogP contribution >= 0.6 is 11.3 Å². The zero-order chi connectivity index (χ0) is 22.2. The molecular formula is C23H25N3O4S. The quantitative estimate of drug-likeness (QED) is 0.310. The van der Waals surface area contributed by atoms with Gasteiger partial charge in [-0.2, -0.15) is 5.10 Å². The van der Waals surface area contributed by atoms with E-state index in [0.29, 0.717) is 16.5 Å². The van der Waals surface area contributed by atoms with Gasteiger partial charge in [-0.05, 0) is 49.3 Å². The highest BCUT2D eigenvalue weighted by atomic mass is 32.1. The van der Waals surface area contributed by atoms with Crippen LogP contribution in [-0.2, 0) is 27.2 Å². The van der Waals surface area contributed by atoms with E-state index < -0.39 is 17.8 Å². The van der Waals surface area contributed by atoms with Crippen molar-refractivity contribution in [2.24, 2.45) is 11.0 Å². The second-order valence-corrected chi connectivity index (χ2v) is 8.32. The summed E-state index contributed by atoms with van der Waals surface area (Å²) in [5, 5.41) is 6.67. The Morgan fingerprint density at radius 3 is 2.74 bits per heavy atom. The molecule has 0 spiro atoms. The van der Waals surface area contributed by atoms with E-state index >= 15 is 0 Å². The summed E-state index contributed by atoms with van der Waals surface area (Å²) in [5.74, 6) is -1.78. The number of carbonyl (C=O) groups is 3. The summed E-state index contributed by atoms with van der Waals surface area (Å²) >= 11 is 1.33. The Bertz CT molecular complexity index is 1010. The number of hydrogen-bond donors (Lipinski definition) is 2. The standard InChI is InChI=1S/C23H25N3O4S/c1-3-30-23(29)19-17-12-11-15(2)14-18(17)31-22(19)25-20(27)21(28)26-24-13-7-10-16-8-5-4-6-9-16/h4-10,13,15H,3,11-12,14H2,1-2H3,(H,25,27)(H,26,28). The van der Waals surface area contributed by atoms with Crippen molar-refractivity contribution in [2.45, 2.75) is 33.1 Å². The Labute approximate surface area is 185 Å². The van der Waals surface area contributed by atoms with E-state index in [0.717, 1.165) is 35.3 Å². The summed E-state index contributed by atoms with van der Waals surface area (Å²) in [5.41, 5.74) is 4.46. The smallest absolute Gasteiger partial charge is 0.341 e. The molecule has 1 aliphatic rings. The van der Waals surface area contributed by atoms with E-state index in [9.17, 15) is 14.4 Å². The van der Waals surface area contributed by atoms with Gasteiger partial charge in [0, 0.05) is 11.1 Å². The number of allylic oxidation sites excluding steroid dienone is 1. The van der Waals surface area contributed by atoms with E-state index in [1.165, 1.54) is 17.6 Å². The summed E-state index contributed by atoms with van der Waals surface area (Å²) in [6.07, 6.45) is 7.41. The van der Waals surface area contributed by atoms with Crippen molar-refractivity contribution < 1.29 is 19.1 Å². The summed E-state index contributed by atoms with van der Waals surface area (Å²) in [7, 11) is 0. The predicted octanol–water partition coefficient (Wildman–Crippen LogP) is 3.80. The summed E-state index contributed by atoms with van der Waals surface area (Å²) in [4.78, 5) is 38.0. The molecule has 162 valence electrons. The third kappa shape index (κ3) is 5.88. The molecule has 3 rings (SSSR count). The maximum atomic E-state index is 12.5. The van der Waals surface area contributed by atoms with Gasteiger partial charge in [-0.15, -0.1) is 11.3 Å². The molecule has 2 N–H and O–H groups in total. The monoisotopic (exact) mass is 439 g/mol. The van der Waals surface area contributed by atoms with Crippen molar-refractivity contribution in [3.05, 3.63) is 58.0 Å². The highest BCUT2D eigenvalue weighted by Gasteiger charge is 2.30. The minimum atomic E-state index is -0.918. The average Bonchev–Trinajstić information content (AvgIpc) is 3.11. The van der Waals surface area contributed by atoms with E-state index in [-0.39, 0.29) is 6.61 Å². The zero-order valence-corrected chi connectivity index (χ0v) is 18.3. The Morgan fingerprint density at radius 1 is 1.23 bits per heavy atom. The molecule has 8 heteroatoms. The van der Waals surface area contributed by atoms with Crippen molar-refractivity contribution in [3.63, 3.8) is 0 Å². The third-order valence-corrected chi connectivity index (χ3v) is 6.01. The minimum Gasteiger partial charge on any atom is -0.462 e. The van der Waals surface area contributed by atoms with Crippen molar-refractivity contribution in [1.29, 1.82) is 0 Å². The number of nitrogens with zero attached hydrogens (tertiary/aromatic N) is 1. The molecule has 1 heterocycles. The number of hydrogen-bond acceptors (Lipinski definition) is 6. The summed E-state index contributed by atoms with van der Waals surface area (Å²) in [6.45, 7) is 4.12. The van der Waals surface area contributed by atoms with Gasteiger partial charge in [-0.1, -0.05) is 43.3 Å². The van der Waals surface area contributed by atoms with Gasteiger partial charge in [-0.3, -0.25) is 9.59 Å². The summed E-state index contributed by atoms with van der Waals surface area (Å²) < 4.78 is 5.17. The number of ether oxygens (including phenoxy) is 1. The molecule has 0 fully saturated rings. The molecule has 0 bridgehead atoms. The number of benzene rings is 1. The highest BCUT2D eigenvalue weighted by molar-refractivity contribution is 7.17. The van der Waals surface area contributed by atoms with Crippen LogP contribution in [0.25, 0.3) is 6.08 Å². The van der Waals surface area contributed by atoms with Crippen LogP contribution in [0.4, 0.5) is 5.00 Å². The van der Waals surface area contributed by atoms with Crippen LogP contribution in [0, 0.1) is 5.92 Å². The first-order chi connectivity index (χ1) is 15.0. The predicted molar refractivity (Wildman–Crippen MR) is 122 cm³/mol. The lowest BCUT2D eigenvalue weighted by Crippen LogP contribution is -2.32. The molecule has 0 saturated carbocycles. The molecule has 1 aromatic heterocycles. The van der Waals surface area contributed by atoms with Crippen LogP contribution in [0.3, 0.4) is 0 Å². The van der Waals surface area contributed by atoms with Crippen molar-refractivity contribution in [1.82, 2.24) is 5.43 Å². The molecule has 31 heavy (non-hydrogen) atoms. The van der Waals surface area contributed by atoms with Gasteiger partial charge in [0.25, 0.3) is 0 Å². The van der Waals surface area contributed by atoms with Gasteiger partial charge in [0.05, 0.1) is 12.2 Å². The largest absolute Gasteiger partial charge is 0.462 e. The van der Waals surface area contributed by atoms with Gasteiger partial charge >= 0.3 is 17.8 Å². The van der Waals surface area contributed by atoms with Gasteiger partial charge in [0.1, 0.15) is 5.00 Å². The number of hydrazone groups is 1. The fraction of sp³-hybridized carbons (Fsp3) is 0.304. The molecular weight excluding hydrogens is 414 g/mol. The van der Waals surface area contributed by atoms with Crippen LogP contribution in [0.5, 0.6) is 0 Å². The summed E-state index contributed by atoms with van der Waals surface area (Å²) in [6, 6.07) is 9.60. The second-order valence-electron chi connectivity index (χ2n) is 7.22. The Hall–Kier alpha value is -3.26. The Morgan fingerprint density at radius 2 is 2.00 bits per heavy atom. The van der Waals surface area contributed by atoms with Gasteiger partial charge < -0.3 is 10.1 Å². The van der Waals surface area contributed by atoms with Gasteiger partial charge in [0.15, 0.2) is 0 Å². The van der Waals surface area contributed by atoms with E-state index in [1.807, 2.05) is 36.4 Å². The van der Waals surface area contributed by atoms with Gasteiger partial charge in [-0.25, -0.2) is 10.2 Å². The first kappa shape index (κ1) is 22.4. The first-order valence-corrected chi connectivity index (χ1v) is 11.0. The highest BCUT2D eigenvalue weighted by Crippen LogP contribution is 2.40. The fourth-order valence-electron chi connectivity index (χ4n) is 3.33. The lowest BCUT2D eigenvalue weighted by molar-refractivity contribution is -0.136. The lowest BCUT2D eigenvalue weighted by atomic mass is 9.88. The number of rotatable bonds is 6. The fourth-order valence-corrected chi connectivity index (χ4v) is 4.72. The van der Waals surface area contributed by atoms with Crippen LogP contribution in [0.15, 0.2) is 41.5 Å². The molecule has 1 unspecified atom stereocenters. The van der Waals surface area contributed by atoms with Crippen LogP contribution in [-0.4, -0.2) is 30.6 Å². The number of anilines is 1. The molecule has 7 nitrogen and oxygen atoms in total. The normalized spacial score (nSPS) is 15.6. The maximum Gasteiger partial charge on any atom is 0.341 e.